The minimum absolute atomic E-state index is 0.321. The molecule has 158 valence electrons. The van der Waals surface area contributed by atoms with E-state index >= 15 is 0 Å². The lowest BCUT2D eigenvalue weighted by Crippen LogP contribution is -2.39. The molecule has 3 rings (SSSR count). The molecule has 2 amide bonds. The van der Waals surface area contributed by atoms with Crippen molar-refractivity contribution in [1.29, 1.82) is 0 Å². The molecular weight excluding hydrogens is 435 g/mol. The molecular formula is C20H18F3N3O2S2. The van der Waals surface area contributed by atoms with Crippen molar-refractivity contribution in [3.05, 3.63) is 54.1 Å². The minimum atomic E-state index is -4.59. The number of nitrogens with one attached hydrogen (secondary N) is 1. The zero-order valence-electron chi connectivity index (χ0n) is 16.1. The third kappa shape index (κ3) is 5.31. The number of alkyl halides is 3. The molecule has 1 N–H and O–H groups in total. The molecule has 0 aliphatic carbocycles. The van der Waals surface area contributed by atoms with Crippen LogP contribution in [-0.4, -0.2) is 40.5 Å². The van der Waals surface area contributed by atoms with Crippen LogP contribution in [0.25, 0.3) is 10.2 Å². The molecule has 0 spiro atoms. The average molecular weight is 454 g/mol. The molecule has 3 aromatic rings. The fraction of sp³-hybridized carbons (Fsp3) is 0.250. The highest BCUT2D eigenvalue weighted by Crippen LogP contribution is 2.35. The Balaban J connectivity index is 1.60. The zero-order chi connectivity index (χ0) is 21.9. The van der Waals surface area contributed by atoms with Gasteiger partial charge in [-0.1, -0.05) is 36.0 Å². The van der Waals surface area contributed by atoms with Crippen LogP contribution in [0.2, 0.25) is 0 Å². The first kappa shape index (κ1) is 22.1. The number of fused-ring (bicyclic) bond motifs is 1. The predicted molar refractivity (Wildman–Crippen MR) is 113 cm³/mol. The molecule has 1 aromatic heterocycles. The molecule has 30 heavy (non-hydrogen) atoms. The Morgan fingerprint density at radius 3 is 2.53 bits per heavy atom. The summed E-state index contributed by atoms with van der Waals surface area (Å²) < 4.78 is 40.9. The number of aromatic nitrogens is 1. The Hall–Kier alpha value is -2.59. The molecule has 1 atom stereocenters. The first-order chi connectivity index (χ1) is 14.1. The van der Waals surface area contributed by atoms with Crippen molar-refractivity contribution in [2.75, 3.05) is 18.9 Å². The van der Waals surface area contributed by atoms with Gasteiger partial charge >= 0.3 is 6.18 Å². The van der Waals surface area contributed by atoms with Gasteiger partial charge in [0.25, 0.3) is 0 Å². The maximum absolute atomic E-state index is 13.1. The van der Waals surface area contributed by atoms with Crippen LogP contribution in [0.5, 0.6) is 0 Å². The van der Waals surface area contributed by atoms with Gasteiger partial charge in [0.05, 0.1) is 33.3 Å². The number of benzene rings is 2. The first-order valence-electron chi connectivity index (χ1n) is 8.88. The highest BCUT2D eigenvalue weighted by molar-refractivity contribution is 8.02. The van der Waals surface area contributed by atoms with Crippen LogP contribution in [0.4, 0.5) is 18.9 Å². The molecule has 10 heteroatoms. The third-order valence-electron chi connectivity index (χ3n) is 4.16. The monoisotopic (exact) mass is 453 g/mol. The van der Waals surface area contributed by atoms with Crippen molar-refractivity contribution in [2.45, 2.75) is 22.7 Å². The fourth-order valence-electron chi connectivity index (χ4n) is 2.74. The van der Waals surface area contributed by atoms with Gasteiger partial charge in [0.15, 0.2) is 4.34 Å². The van der Waals surface area contributed by atoms with Gasteiger partial charge < -0.3 is 10.2 Å². The zero-order valence-corrected chi connectivity index (χ0v) is 17.7. The van der Waals surface area contributed by atoms with E-state index in [0.29, 0.717) is 0 Å². The molecule has 0 aliphatic heterocycles. The average Bonchev–Trinajstić information content (AvgIpc) is 3.09. The number of carbonyl (C=O) groups excluding carboxylic acids is 2. The van der Waals surface area contributed by atoms with Gasteiger partial charge in [-0.3, -0.25) is 9.59 Å². The number of rotatable bonds is 6. The molecule has 2 aromatic carbocycles. The van der Waals surface area contributed by atoms with Crippen LogP contribution in [0.1, 0.15) is 12.5 Å². The summed E-state index contributed by atoms with van der Waals surface area (Å²) in [6.07, 6.45) is -4.59. The number of amides is 2. The molecule has 0 aliphatic rings. The summed E-state index contributed by atoms with van der Waals surface area (Å²) >= 11 is 2.75. The maximum atomic E-state index is 13.1. The molecule has 1 unspecified atom stereocenters. The number of anilines is 1. The van der Waals surface area contributed by atoms with E-state index in [1.54, 1.807) is 6.92 Å². The number of hydrogen-bond donors (Lipinski definition) is 1. The number of para-hydroxylation sites is 2. The number of carbonyl (C=O) groups is 2. The summed E-state index contributed by atoms with van der Waals surface area (Å²) in [5.74, 6) is -1.03. The Kier molecular flexibility index (Phi) is 6.67. The topological polar surface area (TPSA) is 62.3 Å². The number of thiazole rings is 1. The number of likely N-dealkylation sites (N-methyl/N-ethyl adjacent to an activating group) is 1. The van der Waals surface area contributed by atoms with Crippen molar-refractivity contribution < 1.29 is 22.8 Å². The highest BCUT2D eigenvalue weighted by Gasteiger charge is 2.33. The van der Waals surface area contributed by atoms with Gasteiger partial charge in [-0.05, 0) is 31.2 Å². The van der Waals surface area contributed by atoms with Gasteiger partial charge in [0, 0.05) is 7.05 Å². The van der Waals surface area contributed by atoms with Gasteiger partial charge in [-0.15, -0.1) is 11.3 Å². The second kappa shape index (κ2) is 9.05. The Morgan fingerprint density at radius 1 is 1.17 bits per heavy atom. The number of thioether (sulfide) groups is 1. The highest BCUT2D eigenvalue weighted by atomic mass is 32.2. The van der Waals surface area contributed by atoms with Crippen molar-refractivity contribution in [1.82, 2.24) is 9.88 Å². The summed E-state index contributed by atoms with van der Waals surface area (Å²) in [5, 5.41) is 1.73. The van der Waals surface area contributed by atoms with Gasteiger partial charge in [0.2, 0.25) is 11.8 Å². The van der Waals surface area contributed by atoms with Crippen molar-refractivity contribution >= 4 is 50.8 Å². The van der Waals surface area contributed by atoms with E-state index in [4.69, 9.17) is 0 Å². The van der Waals surface area contributed by atoms with Crippen molar-refractivity contribution in [3.63, 3.8) is 0 Å². The Labute approximate surface area is 179 Å². The standard InChI is InChI=1S/C20H18F3N3O2S2/c1-12(29-19-25-15-9-5-6-10-16(15)30-19)18(28)26(2)11-17(27)24-14-8-4-3-7-13(14)20(21,22)23/h3-10,12H,11H2,1-2H3,(H,24,27). The summed E-state index contributed by atoms with van der Waals surface area (Å²) in [6, 6.07) is 12.3. The van der Waals surface area contributed by atoms with Crippen LogP contribution < -0.4 is 5.32 Å². The van der Waals surface area contributed by atoms with Crippen LogP contribution in [0.3, 0.4) is 0 Å². The van der Waals surface area contributed by atoms with Gasteiger partial charge in [-0.2, -0.15) is 13.2 Å². The van der Waals surface area contributed by atoms with Crippen molar-refractivity contribution in [3.8, 4) is 0 Å². The minimum Gasteiger partial charge on any atom is -0.335 e. The van der Waals surface area contributed by atoms with Gasteiger partial charge in [-0.25, -0.2) is 4.98 Å². The fourth-order valence-corrected chi connectivity index (χ4v) is 5.06. The van der Waals surface area contributed by atoms with E-state index in [9.17, 15) is 22.8 Å². The van der Waals surface area contributed by atoms with Crippen LogP contribution in [0.15, 0.2) is 52.9 Å². The van der Waals surface area contributed by atoms with E-state index in [1.165, 1.54) is 53.2 Å². The SMILES string of the molecule is CC(Sc1nc2ccccc2s1)C(=O)N(C)CC(=O)Nc1ccccc1C(F)(F)F. The molecule has 1 heterocycles. The second-order valence-electron chi connectivity index (χ2n) is 6.49. The van der Waals surface area contributed by atoms with Crippen molar-refractivity contribution in [2.24, 2.45) is 0 Å². The Bertz CT molecular complexity index is 1040. The molecule has 0 bridgehead atoms. The van der Waals surface area contributed by atoms with Crippen LogP contribution in [0, 0.1) is 0 Å². The number of nitrogens with zero attached hydrogens (tertiary/aromatic N) is 2. The normalized spacial score (nSPS) is 12.6. The molecule has 0 fully saturated rings. The first-order valence-corrected chi connectivity index (χ1v) is 10.6. The lowest BCUT2D eigenvalue weighted by Gasteiger charge is -2.21. The summed E-state index contributed by atoms with van der Waals surface area (Å²) in [4.78, 5) is 30.5. The lowest BCUT2D eigenvalue weighted by atomic mass is 10.1. The molecule has 5 nitrogen and oxygen atoms in total. The lowest BCUT2D eigenvalue weighted by molar-refractivity contribution is -0.137. The predicted octanol–water partition coefficient (Wildman–Crippen LogP) is 4.89. The summed E-state index contributed by atoms with van der Waals surface area (Å²) in [5.41, 5.74) is -0.430. The van der Waals surface area contributed by atoms with E-state index in [1.807, 2.05) is 24.3 Å². The quantitative estimate of drug-likeness (QED) is 0.540. The van der Waals surface area contributed by atoms with E-state index in [-0.39, 0.29) is 18.1 Å². The van der Waals surface area contributed by atoms with Gasteiger partial charge in [0.1, 0.15) is 0 Å². The summed E-state index contributed by atoms with van der Waals surface area (Å²) in [7, 11) is 1.44. The van der Waals surface area contributed by atoms with Crippen LogP contribution in [-0.2, 0) is 15.8 Å². The maximum Gasteiger partial charge on any atom is 0.418 e. The number of hydrogen-bond acceptors (Lipinski definition) is 5. The van der Waals surface area contributed by atoms with E-state index in [2.05, 4.69) is 10.3 Å². The third-order valence-corrected chi connectivity index (χ3v) is 6.38. The molecule has 0 saturated heterocycles. The Morgan fingerprint density at radius 2 is 1.83 bits per heavy atom. The van der Waals surface area contributed by atoms with Crippen LogP contribution >= 0.6 is 23.1 Å². The molecule has 0 radical (unpaired) electrons. The smallest absolute Gasteiger partial charge is 0.335 e. The van der Waals surface area contributed by atoms with E-state index in [0.717, 1.165) is 20.6 Å². The number of halogens is 3. The van der Waals surface area contributed by atoms with E-state index < -0.39 is 22.9 Å². The summed E-state index contributed by atoms with van der Waals surface area (Å²) in [6.45, 7) is 1.34. The largest absolute Gasteiger partial charge is 0.418 e. The molecule has 0 saturated carbocycles. The second-order valence-corrected chi connectivity index (χ2v) is 9.11.